The topological polar surface area (TPSA) is 66.8 Å². The van der Waals surface area contributed by atoms with Gasteiger partial charge in [-0.05, 0) is 18.2 Å². The number of hydrogen-bond acceptors (Lipinski definition) is 4. The van der Waals surface area contributed by atoms with Crippen LogP contribution >= 0.6 is 35.0 Å². The Kier molecular flexibility index (Phi) is 4.90. The number of nitrogens with zero attached hydrogens (tertiary/aromatic N) is 2. The zero-order valence-electron chi connectivity index (χ0n) is 13.1. The fourth-order valence-electron chi connectivity index (χ4n) is 2.74. The Balaban J connectivity index is 2.08. The normalized spacial score (nSPS) is 27.0. The van der Waals surface area contributed by atoms with E-state index >= 15 is 0 Å². The van der Waals surface area contributed by atoms with Gasteiger partial charge >= 0.3 is 0 Å². The molecule has 1 aromatic rings. The molecule has 1 aromatic carbocycles. The van der Waals surface area contributed by atoms with E-state index in [1.54, 1.807) is 36.9 Å². The smallest absolute Gasteiger partial charge is 0.250 e. The summed E-state index contributed by atoms with van der Waals surface area (Å²) >= 11 is 13.7. The summed E-state index contributed by atoms with van der Waals surface area (Å²) in [5.74, 6) is -0.392. The minimum absolute atomic E-state index is 0.0163. The van der Waals surface area contributed by atoms with Crippen LogP contribution in [0.4, 0.5) is 5.69 Å². The van der Waals surface area contributed by atoms with Crippen LogP contribution in [0.25, 0.3) is 0 Å². The van der Waals surface area contributed by atoms with Crippen molar-refractivity contribution < 1.29 is 13.2 Å². The number of fused-ring (bicyclic) bond motifs is 1. The van der Waals surface area contributed by atoms with Crippen molar-refractivity contribution in [2.75, 3.05) is 16.4 Å². The number of benzene rings is 1. The number of hydrogen-bond donors (Lipinski definition) is 0. The Morgan fingerprint density at radius 1 is 1.33 bits per heavy atom. The number of amidine groups is 1. The van der Waals surface area contributed by atoms with E-state index in [2.05, 4.69) is 4.99 Å². The molecule has 2 fully saturated rings. The molecule has 1 amide bonds. The SMILES string of the molecule is CC(C)C(=O)N=C1S[C@H]2CS(=O)(=O)C[C@@H]2N1c1cc(Cl)ccc1Cl. The summed E-state index contributed by atoms with van der Waals surface area (Å²) in [6, 6.07) is 4.69. The average molecular weight is 407 g/mol. The standard InChI is InChI=1S/C15H16Cl2N2O3S2/c1-8(2)14(20)18-15-19(11-5-9(16)3-4-10(11)17)12-6-24(21,22)7-13(12)23-15/h3-5,8,12-13H,6-7H2,1-2H3/t12-,13-/m0/s1. The van der Waals surface area contributed by atoms with E-state index in [9.17, 15) is 13.2 Å². The quantitative estimate of drug-likeness (QED) is 0.753. The molecule has 3 rings (SSSR count). The molecule has 0 aromatic heterocycles. The van der Waals surface area contributed by atoms with Gasteiger partial charge in [-0.2, -0.15) is 4.99 Å². The van der Waals surface area contributed by atoms with Crippen molar-refractivity contribution in [3.8, 4) is 0 Å². The third kappa shape index (κ3) is 3.45. The highest BCUT2D eigenvalue weighted by Gasteiger charge is 2.49. The molecular weight excluding hydrogens is 391 g/mol. The van der Waals surface area contributed by atoms with E-state index in [4.69, 9.17) is 23.2 Å². The summed E-state index contributed by atoms with van der Waals surface area (Å²) in [5.41, 5.74) is 0.580. The zero-order chi connectivity index (χ0) is 17.6. The summed E-state index contributed by atoms with van der Waals surface area (Å²) in [6.45, 7) is 3.54. The summed E-state index contributed by atoms with van der Waals surface area (Å²) in [6.07, 6.45) is 0. The van der Waals surface area contributed by atoms with Crippen molar-refractivity contribution in [1.82, 2.24) is 0 Å². The van der Waals surface area contributed by atoms with Crippen molar-refractivity contribution >= 4 is 61.6 Å². The Morgan fingerprint density at radius 2 is 2.04 bits per heavy atom. The van der Waals surface area contributed by atoms with Gasteiger partial charge in [-0.3, -0.25) is 4.79 Å². The van der Waals surface area contributed by atoms with Crippen LogP contribution in [-0.2, 0) is 14.6 Å². The Labute approximate surface area is 155 Å². The van der Waals surface area contributed by atoms with Crippen molar-refractivity contribution in [3.63, 3.8) is 0 Å². The Bertz CT molecular complexity index is 824. The number of anilines is 1. The third-order valence-corrected chi connectivity index (χ3v) is 7.70. The van der Waals surface area contributed by atoms with Crippen LogP contribution in [-0.4, -0.2) is 42.3 Å². The Hall–Kier alpha value is -0.760. The lowest BCUT2D eigenvalue weighted by Crippen LogP contribution is -2.38. The second kappa shape index (κ2) is 6.52. The van der Waals surface area contributed by atoms with Crippen LogP contribution in [0.15, 0.2) is 23.2 Å². The van der Waals surface area contributed by atoms with Crippen LogP contribution < -0.4 is 4.90 Å². The van der Waals surface area contributed by atoms with Gasteiger partial charge in [-0.25, -0.2) is 8.42 Å². The molecular formula is C15H16Cl2N2O3S2. The fourth-order valence-corrected chi connectivity index (χ4v) is 7.03. The van der Waals surface area contributed by atoms with E-state index < -0.39 is 9.84 Å². The summed E-state index contributed by atoms with van der Waals surface area (Å²) < 4.78 is 24.0. The molecule has 0 radical (unpaired) electrons. The molecule has 0 unspecified atom stereocenters. The number of halogens is 2. The lowest BCUT2D eigenvalue weighted by Gasteiger charge is -2.25. The summed E-state index contributed by atoms with van der Waals surface area (Å²) in [4.78, 5) is 18.0. The predicted octanol–water partition coefficient (Wildman–Crippen LogP) is 3.25. The van der Waals surface area contributed by atoms with Crippen LogP contribution in [0.3, 0.4) is 0 Å². The molecule has 0 saturated carbocycles. The maximum atomic E-state index is 12.1. The van der Waals surface area contributed by atoms with E-state index in [-0.39, 0.29) is 34.6 Å². The third-order valence-electron chi connectivity index (χ3n) is 3.93. The number of rotatable bonds is 2. The van der Waals surface area contributed by atoms with Gasteiger partial charge in [0, 0.05) is 16.2 Å². The molecule has 0 bridgehead atoms. The van der Waals surface area contributed by atoms with Gasteiger partial charge in [-0.15, -0.1) is 0 Å². The predicted molar refractivity (Wildman–Crippen MR) is 100 cm³/mol. The number of carbonyl (C=O) groups excluding carboxylic acids is 1. The zero-order valence-corrected chi connectivity index (χ0v) is 16.2. The van der Waals surface area contributed by atoms with Crippen LogP contribution in [0, 0.1) is 5.92 Å². The molecule has 2 heterocycles. The van der Waals surface area contributed by atoms with E-state index in [0.29, 0.717) is 20.9 Å². The van der Waals surface area contributed by atoms with Gasteiger partial charge < -0.3 is 4.90 Å². The molecule has 9 heteroatoms. The van der Waals surface area contributed by atoms with Crippen LogP contribution in [0.1, 0.15) is 13.8 Å². The molecule has 0 N–H and O–H groups in total. The number of aliphatic imine (C=N–C) groups is 1. The van der Waals surface area contributed by atoms with Gasteiger partial charge in [0.05, 0.1) is 28.3 Å². The minimum Gasteiger partial charge on any atom is -0.314 e. The largest absolute Gasteiger partial charge is 0.314 e. The second-order valence-electron chi connectivity index (χ2n) is 6.15. The first-order valence-electron chi connectivity index (χ1n) is 7.42. The number of amides is 1. The van der Waals surface area contributed by atoms with Crippen molar-refractivity contribution in [1.29, 1.82) is 0 Å². The highest BCUT2D eigenvalue weighted by atomic mass is 35.5. The first-order valence-corrected chi connectivity index (χ1v) is 10.9. The summed E-state index contributed by atoms with van der Waals surface area (Å²) in [5, 5.41) is 1.25. The number of sulfone groups is 1. The first kappa shape index (κ1) is 18.0. The maximum Gasteiger partial charge on any atom is 0.250 e. The monoisotopic (exact) mass is 406 g/mol. The fraction of sp³-hybridized carbons (Fsp3) is 0.467. The highest BCUT2D eigenvalue weighted by molar-refractivity contribution is 8.16. The summed E-state index contributed by atoms with van der Waals surface area (Å²) in [7, 11) is -3.12. The second-order valence-corrected chi connectivity index (χ2v) is 10.4. The molecule has 2 aliphatic heterocycles. The van der Waals surface area contributed by atoms with Gasteiger partial charge in [0.25, 0.3) is 5.91 Å². The lowest BCUT2D eigenvalue weighted by atomic mass is 10.2. The Morgan fingerprint density at radius 3 is 2.71 bits per heavy atom. The first-order chi connectivity index (χ1) is 11.2. The molecule has 0 spiro atoms. The van der Waals surface area contributed by atoms with Gasteiger partial charge in [-0.1, -0.05) is 48.8 Å². The molecule has 2 atom stereocenters. The maximum absolute atomic E-state index is 12.1. The van der Waals surface area contributed by atoms with Crippen molar-refractivity contribution in [3.05, 3.63) is 28.2 Å². The lowest BCUT2D eigenvalue weighted by molar-refractivity contribution is -0.120. The number of thioether (sulfide) groups is 1. The molecule has 24 heavy (non-hydrogen) atoms. The van der Waals surface area contributed by atoms with Crippen LogP contribution in [0.5, 0.6) is 0 Å². The van der Waals surface area contributed by atoms with Crippen molar-refractivity contribution in [2.45, 2.75) is 25.1 Å². The van der Waals surface area contributed by atoms with Crippen molar-refractivity contribution in [2.24, 2.45) is 10.9 Å². The molecule has 0 aliphatic carbocycles. The molecule has 2 aliphatic rings. The molecule has 2 saturated heterocycles. The van der Waals surface area contributed by atoms with Crippen LogP contribution in [0.2, 0.25) is 10.0 Å². The number of carbonyl (C=O) groups is 1. The molecule has 5 nitrogen and oxygen atoms in total. The van der Waals surface area contributed by atoms with Gasteiger partial charge in [0.1, 0.15) is 0 Å². The van der Waals surface area contributed by atoms with E-state index in [0.717, 1.165) is 0 Å². The highest BCUT2D eigenvalue weighted by Crippen LogP contribution is 2.43. The van der Waals surface area contributed by atoms with Gasteiger partial charge in [0.2, 0.25) is 0 Å². The average Bonchev–Trinajstić information content (AvgIpc) is 2.92. The minimum atomic E-state index is -3.12. The van der Waals surface area contributed by atoms with Gasteiger partial charge in [0.15, 0.2) is 15.0 Å². The van der Waals surface area contributed by atoms with E-state index in [1.165, 1.54) is 11.8 Å². The van der Waals surface area contributed by atoms with E-state index in [1.807, 2.05) is 0 Å². The molecule has 130 valence electrons.